The molecule has 1 saturated heterocycles. The molecule has 2 heterocycles. The molecule has 0 saturated carbocycles. The number of thiazole rings is 1. The average molecular weight is 226 g/mol. The lowest BCUT2D eigenvalue weighted by Crippen LogP contribution is -2.58. The van der Waals surface area contributed by atoms with Crippen molar-refractivity contribution in [3.63, 3.8) is 0 Å². The SMILES string of the molecule is Cc1csc(CN2CC(C)(C(=O)O)C2)n1. The van der Waals surface area contributed by atoms with E-state index in [1.807, 2.05) is 12.3 Å². The van der Waals surface area contributed by atoms with Crippen molar-refractivity contribution in [3.05, 3.63) is 16.1 Å². The van der Waals surface area contributed by atoms with Gasteiger partial charge in [0.15, 0.2) is 0 Å². The minimum Gasteiger partial charge on any atom is -0.481 e. The van der Waals surface area contributed by atoms with Crippen molar-refractivity contribution in [2.24, 2.45) is 5.41 Å². The lowest BCUT2D eigenvalue weighted by atomic mass is 9.82. The number of likely N-dealkylation sites (tertiary alicyclic amines) is 1. The number of carbonyl (C=O) groups is 1. The number of hydrogen-bond donors (Lipinski definition) is 1. The second-order valence-corrected chi connectivity index (χ2v) is 5.34. The van der Waals surface area contributed by atoms with Crippen molar-refractivity contribution in [3.8, 4) is 0 Å². The molecule has 0 amide bonds. The molecule has 1 aromatic heterocycles. The fourth-order valence-electron chi connectivity index (χ4n) is 1.85. The van der Waals surface area contributed by atoms with Gasteiger partial charge in [-0.25, -0.2) is 4.98 Å². The predicted molar refractivity (Wildman–Crippen MR) is 57.9 cm³/mol. The van der Waals surface area contributed by atoms with E-state index < -0.39 is 11.4 Å². The largest absolute Gasteiger partial charge is 0.481 e. The summed E-state index contributed by atoms with van der Waals surface area (Å²) in [6.07, 6.45) is 0. The van der Waals surface area contributed by atoms with Crippen LogP contribution >= 0.6 is 11.3 Å². The molecule has 0 spiro atoms. The van der Waals surface area contributed by atoms with Crippen molar-refractivity contribution in [1.29, 1.82) is 0 Å². The summed E-state index contributed by atoms with van der Waals surface area (Å²) in [4.78, 5) is 17.3. The van der Waals surface area contributed by atoms with Crippen LogP contribution in [0.3, 0.4) is 0 Å². The number of carboxylic acid groups (broad SMARTS) is 1. The van der Waals surface area contributed by atoms with E-state index >= 15 is 0 Å². The van der Waals surface area contributed by atoms with Crippen LogP contribution in [0.2, 0.25) is 0 Å². The van der Waals surface area contributed by atoms with Crippen LogP contribution in [0.25, 0.3) is 0 Å². The summed E-state index contributed by atoms with van der Waals surface area (Å²) in [6, 6.07) is 0. The fraction of sp³-hybridized carbons (Fsp3) is 0.600. The van der Waals surface area contributed by atoms with E-state index in [1.165, 1.54) is 0 Å². The maximum absolute atomic E-state index is 10.9. The number of aryl methyl sites for hydroxylation is 1. The van der Waals surface area contributed by atoms with E-state index in [1.54, 1.807) is 18.3 Å². The van der Waals surface area contributed by atoms with E-state index in [9.17, 15) is 4.79 Å². The first kappa shape index (κ1) is 10.6. The normalized spacial score (nSPS) is 19.9. The topological polar surface area (TPSA) is 53.4 Å². The van der Waals surface area contributed by atoms with Crippen LogP contribution in [-0.4, -0.2) is 34.0 Å². The number of aliphatic carboxylic acids is 1. The summed E-state index contributed by atoms with van der Waals surface area (Å²) in [6.45, 7) is 5.79. The smallest absolute Gasteiger partial charge is 0.311 e. The molecule has 82 valence electrons. The van der Waals surface area contributed by atoms with Crippen molar-refractivity contribution >= 4 is 17.3 Å². The van der Waals surface area contributed by atoms with Crippen molar-refractivity contribution in [2.45, 2.75) is 20.4 Å². The van der Waals surface area contributed by atoms with Gasteiger partial charge in [0.2, 0.25) is 0 Å². The van der Waals surface area contributed by atoms with Crippen LogP contribution < -0.4 is 0 Å². The number of rotatable bonds is 3. The number of nitrogens with zero attached hydrogens (tertiary/aromatic N) is 2. The highest BCUT2D eigenvalue weighted by Gasteiger charge is 2.45. The molecule has 1 aromatic rings. The lowest BCUT2D eigenvalue weighted by Gasteiger charge is -2.44. The molecule has 0 bridgehead atoms. The predicted octanol–water partition coefficient (Wildman–Crippen LogP) is 1.36. The minimum absolute atomic E-state index is 0.549. The van der Waals surface area contributed by atoms with E-state index in [0.29, 0.717) is 13.1 Å². The van der Waals surface area contributed by atoms with Crippen molar-refractivity contribution < 1.29 is 9.90 Å². The first-order chi connectivity index (χ1) is 6.99. The van der Waals surface area contributed by atoms with Gasteiger partial charge in [-0.1, -0.05) is 0 Å². The Balaban J connectivity index is 1.88. The molecule has 2 rings (SSSR count). The van der Waals surface area contributed by atoms with Crippen LogP contribution in [0.15, 0.2) is 5.38 Å². The monoisotopic (exact) mass is 226 g/mol. The third kappa shape index (κ3) is 2.03. The van der Waals surface area contributed by atoms with Crippen LogP contribution in [0, 0.1) is 12.3 Å². The summed E-state index contributed by atoms with van der Waals surface area (Å²) >= 11 is 1.64. The number of hydrogen-bond acceptors (Lipinski definition) is 4. The molecule has 1 aliphatic rings. The Hall–Kier alpha value is -0.940. The summed E-state index contributed by atoms with van der Waals surface area (Å²) in [5.74, 6) is -0.700. The molecule has 1 fully saturated rings. The van der Waals surface area contributed by atoms with Gasteiger partial charge in [0.1, 0.15) is 5.01 Å². The van der Waals surface area contributed by atoms with Crippen molar-refractivity contribution in [1.82, 2.24) is 9.88 Å². The molecule has 0 atom stereocenters. The second kappa shape index (κ2) is 3.57. The molecule has 0 aromatic carbocycles. The van der Waals surface area contributed by atoms with Crippen LogP contribution in [0.5, 0.6) is 0 Å². The van der Waals surface area contributed by atoms with E-state index in [-0.39, 0.29) is 0 Å². The molecular weight excluding hydrogens is 212 g/mol. The van der Waals surface area contributed by atoms with Gasteiger partial charge in [-0.15, -0.1) is 11.3 Å². The maximum atomic E-state index is 10.9. The van der Waals surface area contributed by atoms with Gasteiger partial charge in [0.25, 0.3) is 0 Å². The molecule has 1 aliphatic heterocycles. The number of aromatic nitrogens is 1. The second-order valence-electron chi connectivity index (χ2n) is 4.39. The van der Waals surface area contributed by atoms with Gasteiger partial charge in [-0.3, -0.25) is 9.69 Å². The Bertz CT molecular complexity index is 383. The van der Waals surface area contributed by atoms with Gasteiger partial charge in [-0.05, 0) is 13.8 Å². The van der Waals surface area contributed by atoms with E-state index in [0.717, 1.165) is 17.2 Å². The van der Waals surface area contributed by atoms with Crippen LogP contribution in [0.4, 0.5) is 0 Å². The van der Waals surface area contributed by atoms with Gasteiger partial charge in [-0.2, -0.15) is 0 Å². The maximum Gasteiger partial charge on any atom is 0.311 e. The lowest BCUT2D eigenvalue weighted by molar-refractivity contribution is -0.158. The molecule has 5 heteroatoms. The molecule has 0 radical (unpaired) electrons. The summed E-state index contributed by atoms with van der Waals surface area (Å²) in [5.41, 5.74) is 0.489. The number of carboxylic acids is 1. The third-order valence-electron chi connectivity index (χ3n) is 2.69. The summed E-state index contributed by atoms with van der Waals surface area (Å²) < 4.78 is 0. The first-order valence-corrected chi connectivity index (χ1v) is 5.74. The minimum atomic E-state index is -0.700. The first-order valence-electron chi connectivity index (χ1n) is 4.86. The van der Waals surface area contributed by atoms with E-state index in [4.69, 9.17) is 5.11 Å². The van der Waals surface area contributed by atoms with Crippen molar-refractivity contribution in [2.75, 3.05) is 13.1 Å². The average Bonchev–Trinajstić information content (AvgIpc) is 2.48. The third-order valence-corrected chi connectivity index (χ3v) is 3.64. The molecule has 15 heavy (non-hydrogen) atoms. The van der Waals surface area contributed by atoms with Gasteiger partial charge in [0, 0.05) is 24.2 Å². The Morgan fingerprint density at radius 2 is 2.40 bits per heavy atom. The summed E-state index contributed by atoms with van der Waals surface area (Å²) in [5, 5.41) is 12.0. The molecule has 0 aliphatic carbocycles. The van der Waals surface area contributed by atoms with Gasteiger partial charge in [0.05, 0.1) is 12.0 Å². The molecule has 4 nitrogen and oxygen atoms in total. The standard InChI is InChI=1S/C10H14N2O2S/c1-7-4-15-8(11-7)3-12-5-10(2,6-12)9(13)14/h4H,3,5-6H2,1-2H3,(H,13,14). The Morgan fingerprint density at radius 3 is 2.87 bits per heavy atom. The molecular formula is C10H14N2O2S. The van der Waals surface area contributed by atoms with Crippen LogP contribution in [-0.2, 0) is 11.3 Å². The summed E-state index contributed by atoms with van der Waals surface area (Å²) in [7, 11) is 0. The zero-order valence-corrected chi connectivity index (χ0v) is 9.67. The van der Waals surface area contributed by atoms with Gasteiger partial charge >= 0.3 is 5.97 Å². The molecule has 0 unspecified atom stereocenters. The highest BCUT2D eigenvalue weighted by Crippen LogP contribution is 2.31. The quantitative estimate of drug-likeness (QED) is 0.845. The van der Waals surface area contributed by atoms with E-state index in [2.05, 4.69) is 9.88 Å². The molecule has 1 N–H and O–H groups in total. The Morgan fingerprint density at radius 1 is 1.73 bits per heavy atom. The highest BCUT2D eigenvalue weighted by atomic mass is 32.1. The Kier molecular flexibility index (Phi) is 2.52. The van der Waals surface area contributed by atoms with Gasteiger partial charge < -0.3 is 5.11 Å². The zero-order valence-electron chi connectivity index (χ0n) is 8.86. The fourth-order valence-corrected chi connectivity index (χ4v) is 2.67. The van der Waals surface area contributed by atoms with Crippen LogP contribution in [0.1, 0.15) is 17.6 Å². The zero-order chi connectivity index (χ0) is 11.1. The Labute approximate surface area is 92.6 Å². The highest BCUT2D eigenvalue weighted by molar-refractivity contribution is 7.09.